The molecule has 10 nitrogen and oxygen atoms in total. The average Bonchev–Trinajstić information content (AvgIpc) is 3.67. The molecule has 2 fully saturated rings. The zero-order chi connectivity index (χ0) is 31.3. The Kier molecular flexibility index (Phi) is 10.1. The van der Waals surface area contributed by atoms with Crippen LogP contribution in [0.3, 0.4) is 0 Å². The summed E-state index contributed by atoms with van der Waals surface area (Å²) in [6.07, 6.45) is -2.27. The minimum Gasteiger partial charge on any atom is -0.493 e. The molecule has 44 heavy (non-hydrogen) atoms. The second-order valence-corrected chi connectivity index (χ2v) is 11.6. The van der Waals surface area contributed by atoms with E-state index < -0.39 is 11.7 Å². The smallest absolute Gasteiger partial charge is 0.416 e. The second-order valence-electron chi connectivity index (χ2n) is 10.8. The molecule has 238 valence electrons. The van der Waals surface area contributed by atoms with E-state index in [9.17, 15) is 18.0 Å². The van der Waals surface area contributed by atoms with Gasteiger partial charge in [0, 0.05) is 62.4 Å². The molecule has 2 aliphatic heterocycles. The number of alkyl halides is 3. The lowest BCUT2D eigenvalue weighted by Gasteiger charge is -2.34. The van der Waals surface area contributed by atoms with Crippen LogP contribution >= 0.6 is 11.5 Å². The maximum absolute atomic E-state index is 13.2. The molecule has 2 aromatic carbocycles. The topological polar surface area (TPSA) is 92.3 Å². The van der Waals surface area contributed by atoms with Gasteiger partial charge in [-0.15, -0.1) is 0 Å². The van der Waals surface area contributed by atoms with Gasteiger partial charge < -0.3 is 24.4 Å². The van der Waals surface area contributed by atoms with Gasteiger partial charge in [0.05, 0.1) is 33.4 Å². The maximum atomic E-state index is 13.2. The van der Waals surface area contributed by atoms with Crippen molar-refractivity contribution in [2.45, 2.75) is 38.1 Å². The summed E-state index contributed by atoms with van der Waals surface area (Å²) in [5.74, 6) is 1.95. The highest BCUT2D eigenvalue weighted by atomic mass is 32.1. The fourth-order valence-corrected chi connectivity index (χ4v) is 6.24. The third-order valence-corrected chi connectivity index (χ3v) is 8.77. The van der Waals surface area contributed by atoms with Gasteiger partial charge in [-0.2, -0.15) is 17.5 Å². The van der Waals surface area contributed by atoms with Gasteiger partial charge in [0.25, 0.3) is 5.91 Å². The maximum Gasteiger partial charge on any atom is 0.416 e. The quantitative estimate of drug-likeness (QED) is 0.325. The highest BCUT2D eigenvalue weighted by Crippen LogP contribution is 2.38. The van der Waals surface area contributed by atoms with Crippen molar-refractivity contribution in [1.29, 1.82) is 0 Å². The van der Waals surface area contributed by atoms with Crippen LogP contribution < -0.4 is 19.5 Å². The number of nitrogens with one attached hydrogen (secondary N) is 1. The molecule has 5 rings (SSSR count). The van der Waals surface area contributed by atoms with Crippen LogP contribution in [0.4, 0.5) is 18.3 Å². The van der Waals surface area contributed by atoms with E-state index in [0.717, 1.165) is 48.0 Å². The number of halogens is 3. The molecule has 3 aromatic rings. The number of carbonyl (C=O) groups is 1. The number of benzene rings is 2. The number of ether oxygens (including phenoxy) is 3. The average molecular weight is 635 g/mol. The zero-order valence-corrected chi connectivity index (χ0v) is 25.8. The van der Waals surface area contributed by atoms with Gasteiger partial charge in [0.1, 0.15) is 0 Å². The van der Waals surface area contributed by atoms with Gasteiger partial charge in [0.2, 0.25) is 10.9 Å². The number of likely N-dealkylation sites (tertiary alicyclic amines) is 1. The first-order valence-corrected chi connectivity index (χ1v) is 15.2. The van der Waals surface area contributed by atoms with Gasteiger partial charge >= 0.3 is 6.18 Å². The van der Waals surface area contributed by atoms with E-state index in [1.165, 1.54) is 32.9 Å². The Balaban J connectivity index is 1.09. The summed E-state index contributed by atoms with van der Waals surface area (Å²) in [4.78, 5) is 24.3. The monoisotopic (exact) mass is 634 g/mol. The van der Waals surface area contributed by atoms with Crippen molar-refractivity contribution in [3.8, 4) is 17.2 Å². The molecule has 1 atom stereocenters. The van der Waals surface area contributed by atoms with Crippen molar-refractivity contribution in [2.24, 2.45) is 0 Å². The van der Waals surface area contributed by atoms with E-state index in [1.807, 2.05) is 4.90 Å². The molecule has 0 aliphatic carbocycles. The first-order valence-electron chi connectivity index (χ1n) is 14.5. The molecule has 2 aliphatic rings. The van der Waals surface area contributed by atoms with Crippen molar-refractivity contribution in [1.82, 2.24) is 24.1 Å². The Labute approximate surface area is 258 Å². The summed E-state index contributed by atoms with van der Waals surface area (Å²) < 4.78 is 59.4. The van der Waals surface area contributed by atoms with Gasteiger partial charge in [-0.1, -0.05) is 12.1 Å². The lowest BCUT2D eigenvalue weighted by Crippen LogP contribution is -2.48. The van der Waals surface area contributed by atoms with Crippen LogP contribution in [0.25, 0.3) is 0 Å². The molecule has 1 N–H and O–H groups in total. The zero-order valence-electron chi connectivity index (χ0n) is 25.0. The Hall–Kier alpha value is -3.62. The number of anilines is 1. The van der Waals surface area contributed by atoms with Crippen LogP contribution in [-0.4, -0.2) is 96.6 Å². The summed E-state index contributed by atoms with van der Waals surface area (Å²) >= 11 is 1.32. The van der Waals surface area contributed by atoms with Crippen LogP contribution in [0.5, 0.6) is 17.2 Å². The molecule has 0 radical (unpaired) electrons. The molecular weight excluding hydrogens is 597 g/mol. The van der Waals surface area contributed by atoms with E-state index in [4.69, 9.17) is 14.2 Å². The lowest BCUT2D eigenvalue weighted by molar-refractivity contribution is -0.137. The van der Waals surface area contributed by atoms with Gasteiger partial charge in [-0.3, -0.25) is 14.6 Å². The minimum absolute atomic E-state index is 0.0959. The van der Waals surface area contributed by atoms with Crippen LogP contribution in [0, 0.1) is 0 Å². The largest absolute Gasteiger partial charge is 0.493 e. The van der Waals surface area contributed by atoms with E-state index in [-0.39, 0.29) is 11.9 Å². The fourth-order valence-electron chi connectivity index (χ4n) is 5.66. The Morgan fingerprint density at radius 2 is 1.66 bits per heavy atom. The van der Waals surface area contributed by atoms with Crippen LogP contribution in [0.2, 0.25) is 0 Å². The van der Waals surface area contributed by atoms with Crippen molar-refractivity contribution in [3.63, 3.8) is 0 Å². The van der Waals surface area contributed by atoms with E-state index in [2.05, 4.69) is 24.5 Å². The minimum atomic E-state index is -4.32. The van der Waals surface area contributed by atoms with Crippen LogP contribution in [0.15, 0.2) is 36.4 Å². The normalized spacial score (nSPS) is 18.0. The molecule has 1 amide bonds. The first kappa shape index (κ1) is 31.8. The molecule has 0 spiro atoms. The summed E-state index contributed by atoms with van der Waals surface area (Å²) in [5, 5.41) is 4.16. The fraction of sp³-hybridized carbons (Fsp3) is 0.500. The predicted molar refractivity (Wildman–Crippen MR) is 161 cm³/mol. The third-order valence-electron chi connectivity index (χ3n) is 8.06. The molecule has 0 saturated carbocycles. The SMILES string of the molecule is COc1cc(C(=O)N2CCN(Cc3nsc(NC[C@@H]4CCCN4Cc4ccc(C(F)(F)F)cc4)n3)CC2)cc(OC)c1OC. The van der Waals surface area contributed by atoms with Crippen LogP contribution in [-0.2, 0) is 19.3 Å². The summed E-state index contributed by atoms with van der Waals surface area (Å²) in [6.45, 7) is 5.33. The molecule has 3 heterocycles. The Bertz CT molecular complexity index is 1390. The van der Waals surface area contributed by atoms with Crippen molar-refractivity contribution < 1.29 is 32.2 Å². The number of hydrogen-bond acceptors (Lipinski definition) is 10. The number of rotatable bonds is 11. The molecular formula is C30H37F3N6O4S. The number of hydrogen-bond donors (Lipinski definition) is 1. The number of nitrogens with zero attached hydrogens (tertiary/aromatic N) is 5. The summed E-state index contributed by atoms with van der Waals surface area (Å²) in [7, 11) is 4.57. The second kappa shape index (κ2) is 14.0. The van der Waals surface area contributed by atoms with Gasteiger partial charge in [0.15, 0.2) is 17.3 Å². The first-order chi connectivity index (χ1) is 21.2. The van der Waals surface area contributed by atoms with E-state index >= 15 is 0 Å². The highest BCUT2D eigenvalue weighted by Gasteiger charge is 2.31. The number of methoxy groups -OCH3 is 3. The van der Waals surface area contributed by atoms with E-state index in [1.54, 1.807) is 24.3 Å². The lowest BCUT2D eigenvalue weighted by atomic mass is 10.1. The van der Waals surface area contributed by atoms with E-state index in [0.29, 0.717) is 68.6 Å². The standard InChI is InChI=1S/C30H37F3N6O4S/c1-41-24-15-21(16-25(42-2)27(24)43-3)28(40)38-13-11-37(12-14-38)19-26-35-29(44-36-26)34-17-23-5-4-10-39(23)18-20-6-8-22(9-7-20)30(31,32)33/h6-9,15-16,23H,4-5,10-14,17-19H2,1-3H3,(H,34,35,36)/t23-/m0/s1. The molecule has 0 bridgehead atoms. The molecule has 0 unspecified atom stereocenters. The molecule has 1 aromatic heterocycles. The molecule has 2 saturated heterocycles. The van der Waals surface area contributed by atoms with Crippen LogP contribution in [0.1, 0.15) is 40.2 Å². The highest BCUT2D eigenvalue weighted by molar-refractivity contribution is 7.09. The number of aromatic nitrogens is 2. The summed E-state index contributed by atoms with van der Waals surface area (Å²) in [6, 6.07) is 9.02. The predicted octanol–water partition coefficient (Wildman–Crippen LogP) is 4.62. The Morgan fingerprint density at radius 1 is 0.977 bits per heavy atom. The van der Waals surface area contributed by atoms with Crippen molar-refractivity contribution in [3.05, 3.63) is 58.9 Å². The van der Waals surface area contributed by atoms with Crippen molar-refractivity contribution >= 4 is 22.6 Å². The Morgan fingerprint density at radius 3 is 2.27 bits per heavy atom. The molecule has 14 heteroatoms. The number of carbonyl (C=O) groups excluding carboxylic acids is 1. The van der Waals surface area contributed by atoms with Gasteiger partial charge in [-0.25, -0.2) is 4.98 Å². The number of piperazine rings is 1. The van der Waals surface area contributed by atoms with Crippen molar-refractivity contribution in [2.75, 3.05) is 65.9 Å². The third kappa shape index (κ3) is 7.53. The summed E-state index contributed by atoms with van der Waals surface area (Å²) in [5.41, 5.74) is 0.720. The number of amides is 1. The van der Waals surface area contributed by atoms with Gasteiger partial charge in [-0.05, 0) is 49.2 Å².